The van der Waals surface area contributed by atoms with E-state index >= 15 is 0 Å². The van der Waals surface area contributed by atoms with E-state index in [0.717, 1.165) is 24.8 Å². The molecule has 0 N–H and O–H groups in total. The lowest BCUT2D eigenvalue weighted by Crippen LogP contribution is -2.25. The van der Waals surface area contributed by atoms with Crippen LogP contribution in [-0.2, 0) is 9.53 Å². The van der Waals surface area contributed by atoms with Crippen LogP contribution in [0.3, 0.4) is 0 Å². The molecule has 11 heavy (non-hydrogen) atoms. The summed E-state index contributed by atoms with van der Waals surface area (Å²) in [4.78, 5) is 11.2. The molecule has 0 radical (unpaired) electrons. The molecule has 1 unspecified atom stereocenters. The molecule has 2 nitrogen and oxygen atoms in total. The summed E-state index contributed by atoms with van der Waals surface area (Å²) in [7, 11) is 1.44. The van der Waals surface area contributed by atoms with Gasteiger partial charge in [0.2, 0.25) is 0 Å². The standard InChI is InChI=1S/C9H14O2/c1-7-4-5-9(2,6-7)8(10)11-3/h1,4-6H2,2-3H3. The van der Waals surface area contributed by atoms with Crippen LogP contribution in [0.15, 0.2) is 12.2 Å². The van der Waals surface area contributed by atoms with Gasteiger partial charge in [0.25, 0.3) is 0 Å². The van der Waals surface area contributed by atoms with Gasteiger partial charge < -0.3 is 4.74 Å². The third kappa shape index (κ3) is 1.44. The summed E-state index contributed by atoms with van der Waals surface area (Å²) in [5.74, 6) is -0.101. The van der Waals surface area contributed by atoms with E-state index in [0.29, 0.717) is 0 Å². The molecule has 0 spiro atoms. The van der Waals surface area contributed by atoms with Crippen molar-refractivity contribution in [2.45, 2.75) is 26.2 Å². The van der Waals surface area contributed by atoms with E-state index in [1.165, 1.54) is 7.11 Å². The number of carbonyl (C=O) groups is 1. The average molecular weight is 154 g/mol. The summed E-state index contributed by atoms with van der Waals surface area (Å²) in [6.07, 6.45) is 2.64. The number of esters is 1. The molecule has 62 valence electrons. The third-order valence-corrected chi connectivity index (χ3v) is 2.35. The Labute approximate surface area is 67.2 Å². The predicted octanol–water partition coefficient (Wildman–Crippen LogP) is 1.91. The lowest BCUT2D eigenvalue weighted by molar-refractivity contribution is -0.151. The van der Waals surface area contributed by atoms with Gasteiger partial charge in [-0.05, 0) is 26.2 Å². The number of methoxy groups -OCH3 is 1. The van der Waals surface area contributed by atoms with E-state index in [1.54, 1.807) is 0 Å². The molecule has 0 heterocycles. The van der Waals surface area contributed by atoms with Gasteiger partial charge in [0, 0.05) is 0 Å². The fraction of sp³-hybridized carbons (Fsp3) is 0.667. The van der Waals surface area contributed by atoms with E-state index in [-0.39, 0.29) is 11.4 Å². The molecule has 0 aliphatic heterocycles. The minimum atomic E-state index is -0.286. The summed E-state index contributed by atoms with van der Waals surface area (Å²) >= 11 is 0. The van der Waals surface area contributed by atoms with Gasteiger partial charge >= 0.3 is 5.97 Å². The van der Waals surface area contributed by atoms with Crippen LogP contribution in [0.4, 0.5) is 0 Å². The Morgan fingerprint density at radius 1 is 1.73 bits per heavy atom. The Bertz CT molecular complexity index is 196. The fourth-order valence-electron chi connectivity index (χ4n) is 1.60. The van der Waals surface area contributed by atoms with Crippen molar-refractivity contribution in [2.75, 3.05) is 7.11 Å². The number of hydrogen-bond donors (Lipinski definition) is 0. The molecular weight excluding hydrogens is 140 g/mol. The van der Waals surface area contributed by atoms with Crippen molar-refractivity contribution in [2.24, 2.45) is 5.41 Å². The van der Waals surface area contributed by atoms with Crippen molar-refractivity contribution in [3.05, 3.63) is 12.2 Å². The quantitative estimate of drug-likeness (QED) is 0.426. The Morgan fingerprint density at radius 3 is 2.73 bits per heavy atom. The molecule has 0 amide bonds. The zero-order chi connectivity index (χ0) is 8.48. The van der Waals surface area contributed by atoms with Gasteiger partial charge in [-0.2, -0.15) is 0 Å². The highest BCUT2D eigenvalue weighted by Crippen LogP contribution is 2.40. The van der Waals surface area contributed by atoms with E-state index in [4.69, 9.17) is 4.74 Å². The van der Waals surface area contributed by atoms with E-state index in [1.807, 2.05) is 6.92 Å². The van der Waals surface area contributed by atoms with E-state index < -0.39 is 0 Å². The Balaban J connectivity index is 2.69. The molecule has 1 rings (SSSR count). The van der Waals surface area contributed by atoms with Crippen molar-refractivity contribution < 1.29 is 9.53 Å². The second kappa shape index (κ2) is 2.68. The number of hydrogen-bond acceptors (Lipinski definition) is 2. The molecule has 0 aromatic heterocycles. The van der Waals surface area contributed by atoms with Crippen LogP contribution in [-0.4, -0.2) is 13.1 Å². The van der Waals surface area contributed by atoms with Crippen LogP contribution in [0.5, 0.6) is 0 Å². The van der Waals surface area contributed by atoms with Crippen LogP contribution in [0.25, 0.3) is 0 Å². The summed E-state index contributed by atoms with van der Waals surface area (Å²) < 4.78 is 4.71. The van der Waals surface area contributed by atoms with Gasteiger partial charge in [0.05, 0.1) is 12.5 Å². The zero-order valence-electron chi connectivity index (χ0n) is 7.14. The fourth-order valence-corrected chi connectivity index (χ4v) is 1.60. The first kappa shape index (κ1) is 8.31. The molecule has 1 fully saturated rings. The number of allylic oxidation sites excluding steroid dienone is 1. The second-order valence-corrected chi connectivity index (χ2v) is 3.48. The second-order valence-electron chi connectivity index (χ2n) is 3.48. The first-order chi connectivity index (χ1) is 5.08. The molecule has 0 saturated heterocycles. The maximum absolute atomic E-state index is 11.2. The van der Waals surface area contributed by atoms with E-state index in [9.17, 15) is 4.79 Å². The first-order valence-electron chi connectivity index (χ1n) is 3.83. The SMILES string of the molecule is C=C1CCC(C)(C(=O)OC)C1. The average Bonchev–Trinajstić information content (AvgIpc) is 2.31. The summed E-state index contributed by atoms with van der Waals surface area (Å²) in [5.41, 5.74) is 0.879. The molecule has 1 saturated carbocycles. The highest BCUT2D eigenvalue weighted by molar-refractivity contribution is 5.77. The highest BCUT2D eigenvalue weighted by Gasteiger charge is 2.38. The normalized spacial score (nSPS) is 30.5. The lowest BCUT2D eigenvalue weighted by atomic mass is 9.89. The van der Waals surface area contributed by atoms with Crippen molar-refractivity contribution in [3.8, 4) is 0 Å². The van der Waals surface area contributed by atoms with Gasteiger partial charge in [-0.15, -0.1) is 0 Å². The van der Waals surface area contributed by atoms with Gasteiger partial charge in [-0.3, -0.25) is 4.79 Å². The summed E-state index contributed by atoms with van der Waals surface area (Å²) in [5, 5.41) is 0. The molecule has 1 aliphatic carbocycles. The molecule has 0 aromatic carbocycles. The van der Waals surface area contributed by atoms with Crippen molar-refractivity contribution >= 4 is 5.97 Å². The minimum absolute atomic E-state index is 0.101. The van der Waals surface area contributed by atoms with Crippen molar-refractivity contribution in [1.82, 2.24) is 0 Å². The first-order valence-corrected chi connectivity index (χ1v) is 3.83. The summed E-state index contributed by atoms with van der Waals surface area (Å²) in [6.45, 7) is 5.80. The van der Waals surface area contributed by atoms with Crippen LogP contribution >= 0.6 is 0 Å². The third-order valence-electron chi connectivity index (χ3n) is 2.35. The largest absolute Gasteiger partial charge is 0.469 e. The number of carbonyl (C=O) groups excluding carboxylic acids is 1. The lowest BCUT2D eigenvalue weighted by Gasteiger charge is -2.18. The molecule has 0 bridgehead atoms. The molecule has 0 aromatic rings. The predicted molar refractivity (Wildman–Crippen MR) is 43.1 cm³/mol. The number of ether oxygens (including phenoxy) is 1. The Kier molecular flexibility index (Phi) is 2.03. The smallest absolute Gasteiger partial charge is 0.311 e. The number of rotatable bonds is 1. The van der Waals surface area contributed by atoms with Crippen LogP contribution in [0, 0.1) is 5.41 Å². The van der Waals surface area contributed by atoms with Gasteiger partial charge in [0.15, 0.2) is 0 Å². The molecule has 1 aliphatic rings. The van der Waals surface area contributed by atoms with Gasteiger partial charge in [-0.1, -0.05) is 12.2 Å². The van der Waals surface area contributed by atoms with Gasteiger partial charge in [-0.25, -0.2) is 0 Å². The van der Waals surface area contributed by atoms with Gasteiger partial charge in [0.1, 0.15) is 0 Å². The maximum Gasteiger partial charge on any atom is 0.311 e. The molecule has 2 heteroatoms. The van der Waals surface area contributed by atoms with Crippen LogP contribution < -0.4 is 0 Å². The topological polar surface area (TPSA) is 26.3 Å². The highest BCUT2D eigenvalue weighted by atomic mass is 16.5. The van der Waals surface area contributed by atoms with Crippen LogP contribution in [0.2, 0.25) is 0 Å². The monoisotopic (exact) mass is 154 g/mol. The summed E-state index contributed by atoms with van der Waals surface area (Å²) in [6, 6.07) is 0. The zero-order valence-corrected chi connectivity index (χ0v) is 7.14. The van der Waals surface area contributed by atoms with E-state index in [2.05, 4.69) is 6.58 Å². The Morgan fingerprint density at radius 2 is 2.36 bits per heavy atom. The minimum Gasteiger partial charge on any atom is -0.469 e. The molecule has 1 atom stereocenters. The van der Waals surface area contributed by atoms with Crippen LogP contribution in [0.1, 0.15) is 26.2 Å². The maximum atomic E-state index is 11.2. The molecular formula is C9H14O2. The van der Waals surface area contributed by atoms with Crippen molar-refractivity contribution in [1.29, 1.82) is 0 Å². The Hall–Kier alpha value is -0.790. The van der Waals surface area contributed by atoms with Crippen molar-refractivity contribution in [3.63, 3.8) is 0 Å².